The van der Waals surface area contributed by atoms with E-state index in [0.29, 0.717) is 24.2 Å². The molecule has 4 rings (SSSR count). The summed E-state index contributed by atoms with van der Waals surface area (Å²) in [5.74, 6) is -0.404. The number of para-hydroxylation sites is 1. The molecule has 8 heteroatoms. The molecule has 0 radical (unpaired) electrons. The number of nitro benzene ring substituents is 1. The van der Waals surface area contributed by atoms with Gasteiger partial charge in [0.05, 0.1) is 22.7 Å². The van der Waals surface area contributed by atoms with E-state index in [2.05, 4.69) is 10.6 Å². The maximum absolute atomic E-state index is 12.7. The Kier molecular flexibility index (Phi) is 5.65. The fourth-order valence-corrected chi connectivity index (χ4v) is 4.22. The van der Waals surface area contributed by atoms with Gasteiger partial charge >= 0.3 is 0 Å². The minimum Gasteiger partial charge on any atom is -0.362 e. The molecule has 2 N–H and O–H groups in total. The predicted octanol–water partition coefficient (Wildman–Crippen LogP) is 3.27. The van der Waals surface area contributed by atoms with Crippen LogP contribution < -0.4 is 15.5 Å². The zero-order valence-corrected chi connectivity index (χ0v) is 16.6. The molecule has 2 aromatic carbocycles. The zero-order valence-electron chi connectivity index (χ0n) is 16.6. The smallest absolute Gasteiger partial charge is 0.269 e. The molecule has 30 heavy (non-hydrogen) atoms. The molecule has 0 aromatic heterocycles. The number of hydrogen-bond acceptors (Lipinski definition) is 5. The number of nitrogens with one attached hydrogen (secondary N) is 2. The number of nitro groups is 1. The lowest BCUT2D eigenvalue weighted by Gasteiger charge is -2.20. The predicted molar refractivity (Wildman–Crippen MR) is 114 cm³/mol. The summed E-state index contributed by atoms with van der Waals surface area (Å²) in [4.78, 5) is 37.8. The van der Waals surface area contributed by atoms with Crippen LogP contribution in [0.1, 0.15) is 41.6 Å². The van der Waals surface area contributed by atoms with Crippen LogP contribution in [0.4, 0.5) is 17.1 Å². The standard InChI is InChI=1S/C22H24N4O4/c27-21(14-25-12-11-15-13-17(26(29)30)9-10-20(15)25)24-19-8-4-3-7-18(19)22(28)23-16-5-1-2-6-16/h3-4,7-10,13,16H,1-2,5-6,11-12,14H2,(H,23,28)(H,24,27). The van der Waals surface area contributed by atoms with Gasteiger partial charge in [0.1, 0.15) is 0 Å². The topological polar surface area (TPSA) is 105 Å². The Morgan fingerprint density at radius 3 is 2.67 bits per heavy atom. The molecule has 1 fully saturated rings. The molecule has 1 aliphatic carbocycles. The molecule has 0 unspecified atom stereocenters. The lowest BCUT2D eigenvalue weighted by Crippen LogP contribution is -2.34. The summed E-state index contributed by atoms with van der Waals surface area (Å²) in [5, 5.41) is 16.9. The Labute approximate surface area is 174 Å². The third-order valence-electron chi connectivity index (χ3n) is 5.74. The van der Waals surface area contributed by atoms with Gasteiger partial charge in [-0.25, -0.2) is 0 Å². The first-order chi connectivity index (χ1) is 14.5. The van der Waals surface area contributed by atoms with Crippen LogP contribution in [-0.2, 0) is 11.2 Å². The molecule has 0 atom stereocenters. The number of benzene rings is 2. The van der Waals surface area contributed by atoms with Crippen LogP contribution in [0.15, 0.2) is 42.5 Å². The summed E-state index contributed by atoms with van der Waals surface area (Å²) in [7, 11) is 0. The summed E-state index contributed by atoms with van der Waals surface area (Å²) in [6.45, 7) is 0.733. The minimum atomic E-state index is -0.413. The van der Waals surface area contributed by atoms with Crippen molar-refractivity contribution in [3.05, 3.63) is 63.7 Å². The summed E-state index contributed by atoms with van der Waals surface area (Å²) in [6, 6.07) is 11.9. The van der Waals surface area contributed by atoms with Crippen molar-refractivity contribution in [3.63, 3.8) is 0 Å². The number of anilines is 2. The van der Waals surface area contributed by atoms with E-state index in [0.717, 1.165) is 36.9 Å². The Morgan fingerprint density at radius 2 is 1.90 bits per heavy atom. The van der Waals surface area contributed by atoms with Crippen molar-refractivity contribution in [2.45, 2.75) is 38.1 Å². The Balaban J connectivity index is 1.42. The third kappa shape index (κ3) is 4.27. The Hall–Kier alpha value is -3.42. The monoisotopic (exact) mass is 408 g/mol. The van der Waals surface area contributed by atoms with E-state index in [1.54, 1.807) is 36.4 Å². The molecule has 156 valence electrons. The van der Waals surface area contributed by atoms with Crippen molar-refractivity contribution in [1.29, 1.82) is 0 Å². The first kappa shape index (κ1) is 19.9. The maximum atomic E-state index is 12.7. The normalized spacial score (nSPS) is 15.7. The highest BCUT2D eigenvalue weighted by Gasteiger charge is 2.24. The van der Waals surface area contributed by atoms with Crippen molar-refractivity contribution in [3.8, 4) is 0 Å². The van der Waals surface area contributed by atoms with Crippen LogP contribution in [0.2, 0.25) is 0 Å². The summed E-state index contributed by atoms with van der Waals surface area (Å²) in [6.07, 6.45) is 4.90. The largest absolute Gasteiger partial charge is 0.362 e. The van der Waals surface area contributed by atoms with Crippen molar-refractivity contribution < 1.29 is 14.5 Å². The van der Waals surface area contributed by atoms with Gasteiger partial charge in [0.2, 0.25) is 5.91 Å². The third-order valence-corrected chi connectivity index (χ3v) is 5.74. The molecule has 0 saturated heterocycles. The van der Waals surface area contributed by atoms with Gasteiger partial charge in [-0.3, -0.25) is 19.7 Å². The van der Waals surface area contributed by atoms with Crippen LogP contribution in [0.3, 0.4) is 0 Å². The molecule has 0 spiro atoms. The highest BCUT2D eigenvalue weighted by Crippen LogP contribution is 2.31. The second kappa shape index (κ2) is 8.52. The highest BCUT2D eigenvalue weighted by molar-refractivity contribution is 6.04. The average Bonchev–Trinajstić information content (AvgIpc) is 3.38. The van der Waals surface area contributed by atoms with Gasteiger partial charge in [-0.05, 0) is 43.0 Å². The van der Waals surface area contributed by atoms with E-state index >= 15 is 0 Å². The van der Waals surface area contributed by atoms with Gasteiger partial charge in [-0.1, -0.05) is 25.0 Å². The molecule has 2 aromatic rings. The number of hydrogen-bond donors (Lipinski definition) is 2. The molecular weight excluding hydrogens is 384 g/mol. The van der Waals surface area contributed by atoms with Gasteiger partial charge in [-0.15, -0.1) is 0 Å². The van der Waals surface area contributed by atoms with Gasteiger partial charge in [0, 0.05) is 30.4 Å². The molecule has 0 bridgehead atoms. The molecule has 8 nitrogen and oxygen atoms in total. The van der Waals surface area contributed by atoms with E-state index in [1.165, 1.54) is 6.07 Å². The summed E-state index contributed by atoms with van der Waals surface area (Å²) < 4.78 is 0. The second-order valence-corrected chi connectivity index (χ2v) is 7.79. The lowest BCUT2D eigenvalue weighted by molar-refractivity contribution is -0.384. The highest BCUT2D eigenvalue weighted by atomic mass is 16.6. The molecular formula is C22H24N4O4. The Morgan fingerprint density at radius 1 is 1.13 bits per heavy atom. The SMILES string of the molecule is O=C(CN1CCc2cc([N+](=O)[O-])ccc21)Nc1ccccc1C(=O)NC1CCCC1. The van der Waals surface area contributed by atoms with E-state index in [9.17, 15) is 19.7 Å². The van der Waals surface area contributed by atoms with Crippen molar-refractivity contribution in [2.75, 3.05) is 23.3 Å². The van der Waals surface area contributed by atoms with Crippen LogP contribution in [-0.4, -0.2) is 35.9 Å². The van der Waals surface area contributed by atoms with Crippen LogP contribution in [0, 0.1) is 10.1 Å². The Bertz CT molecular complexity index is 985. The van der Waals surface area contributed by atoms with Crippen LogP contribution >= 0.6 is 0 Å². The number of nitrogens with zero attached hydrogens (tertiary/aromatic N) is 2. The van der Waals surface area contributed by atoms with Crippen molar-refractivity contribution in [2.24, 2.45) is 0 Å². The van der Waals surface area contributed by atoms with Gasteiger partial charge in [0.25, 0.3) is 11.6 Å². The van der Waals surface area contributed by atoms with E-state index in [4.69, 9.17) is 0 Å². The zero-order chi connectivity index (χ0) is 21.1. The van der Waals surface area contributed by atoms with E-state index < -0.39 is 4.92 Å². The van der Waals surface area contributed by atoms with Gasteiger partial charge < -0.3 is 15.5 Å². The average molecular weight is 408 g/mol. The molecule has 2 aliphatic rings. The van der Waals surface area contributed by atoms with E-state index in [-0.39, 0.29) is 30.1 Å². The van der Waals surface area contributed by atoms with Crippen molar-refractivity contribution in [1.82, 2.24) is 5.32 Å². The lowest BCUT2D eigenvalue weighted by atomic mass is 10.1. The minimum absolute atomic E-state index is 0.0576. The molecule has 2 amide bonds. The van der Waals surface area contributed by atoms with Gasteiger partial charge in [-0.2, -0.15) is 0 Å². The number of carbonyl (C=O) groups excluding carboxylic acids is 2. The van der Waals surface area contributed by atoms with E-state index in [1.807, 2.05) is 4.90 Å². The molecule has 1 heterocycles. The van der Waals surface area contributed by atoms with Crippen LogP contribution in [0.5, 0.6) is 0 Å². The first-order valence-corrected chi connectivity index (χ1v) is 10.2. The number of carbonyl (C=O) groups is 2. The number of non-ortho nitro benzene ring substituents is 1. The maximum Gasteiger partial charge on any atom is 0.269 e. The van der Waals surface area contributed by atoms with Gasteiger partial charge in [0.15, 0.2) is 0 Å². The van der Waals surface area contributed by atoms with Crippen LogP contribution in [0.25, 0.3) is 0 Å². The number of rotatable bonds is 6. The van der Waals surface area contributed by atoms with Crippen molar-refractivity contribution >= 4 is 28.9 Å². The molecule has 1 aliphatic heterocycles. The quantitative estimate of drug-likeness (QED) is 0.564. The number of fused-ring (bicyclic) bond motifs is 1. The summed E-state index contributed by atoms with van der Waals surface area (Å²) in [5.41, 5.74) is 2.70. The summed E-state index contributed by atoms with van der Waals surface area (Å²) >= 11 is 0. The first-order valence-electron chi connectivity index (χ1n) is 10.2. The fraction of sp³-hybridized carbons (Fsp3) is 0.364. The molecule has 1 saturated carbocycles. The number of amides is 2. The second-order valence-electron chi connectivity index (χ2n) is 7.79. The fourth-order valence-electron chi connectivity index (χ4n) is 4.22.